The van der Waals surface area contributed by atoms with Crippen LogP contribution in [0, 0.1) is 16.0 Å². The maximum atomic E-state index is 11.0. The van der Waals surface area contributed by atoms with E-state index in [4.69, 9.17) is 18.9 Å². The van der Waals surface area contributed by atoms with Crippen LogP contribution in [0.2, 0.25) is 0 Å². The highest BCUT2D eigenvalue weighted by molar-refractivity contribution is 5.39. The van der Waals surface area contributed by atoms with Crippen LogP contribution in [0.15, 0.2) is 48.5 Å². The van der Waals surface area contributed by atoms with Gasteiger partial charge in [-0.05, 0) is 50.0 Å². The topological polar surface area (TPSA) is 83.3 Å². The average Bonchev–Trinajstić information content (AvgIpc) is 3.43. The quantitative estimate of drug-likeness (QED) is 0.492. The summed E-state index contributed by atoms with van der Waals surface area (Å²) in [7, 11) is 5.42. The summed E-state index contributed by atoms with van der Waals surface area (Å²) in [6.45, 7) is 1.63. The molecule has 4 unspecified atom stereocenters. The standard InChI is InChI=1S/C17H22N2O4.C8H10O2/c1-18-8-6-12-5-7-17(10-15(12)18)22-11-16(23-17)13-3-2-4-14(9-13)19(20)21;1-9-7-5-3-4-6-8(7)10-2/h2-4,9,12,15-16H,5-8,10-11H2,1H3;3-6H,1-2H3. The minimum Gasteiger partial charge on any atom is -0.493 e. The second-order valence-corrected chi connectivity index (χ2v) is 8.87. The summed E-state index contributed by atoms with van der Waals surface area (Å²) in [6, 6.07) is 14.8. The summed E-state index contributed by atoms with van der Waals surface area (Å²) in [4.78, 5) is 13.0. The van der Waals surface area contributed by atoms with E-state index in [0.29, 0.717) is 12.6 Å². The summed E-state index contributed by atoms with van der Waals surface area (Å²) < 4.78 is 22.4. The van der Waals surface area contributed by atoms with Crippen molar-refractivity contribution in [3.8, 4) is 11.5 Å². The van der Waals surface area contributed by atoms with Crippen LogP contribution in [-0.4, -0.2) is 56.1 Å². The van der Waals surface area contributed by atoms with Gasteiger partial charge >= 0.3 is 0 Å². The maximum Gasteiger partial charge on any atom is 0.269 e. The highest BCUT2D eigenvalue weighted by Crippen LogP contribution is 2.47. The second kappa shape index (κ2) is 10.1. The molecule has 0 radical (unpaired) electrons. The van der Waals surface area contributed by atoms with Crippen LogP contribution in [0.1, 0.15) is 37.4 Å². The highest BCUT2D eigenvalue weighted by Gasteiger charge is 2.50. The van der Waals surface area contributed by atoms with Crippen LogP contribution >= 0.6 is 0 Å². The molecule has 33 heavy (non-hydrogen) atoms. The Bertz CT molecular complexity index is 946. The SMILES string of the molecule is CN1CCC2CCC3(CC21)OCC(c1cccc([N+](=O)[O-])c1)O3.COc1ccccc1OC. The maximum absolute atomic E-state index is 11.0. The van der Waals surface area contributed by atoms with Gasteiger partial charge in [-0.25, -0.2) is 0 Å². The predicted octanol–water partition coefficient (Wildman–Crippen LogP) is 4.59. The average molecular weight is 457 g/mol. The number of hydrogen-bond donors (Lipinski definition) is 0. The van der Waals surface area contributed by atoms with E-state index >= 15 is 0 Å². The molecule has 2 aliphatic heterocycles. The normalized spacial score (nSPS) is 28.6. The van der Waals surface area contributed by atoms with Crippen LogP contribution in [-0.2, 0) is 9.47 Å². The molecule has 5 rings (SSSR count). The Kier molecular flexibility index (Phi) is 7.17. The number of nitro groups is 1. The molecular formula is C25H32N2O6. The van der Waals surface area contributed by atoms with Gasteiger partial charge in [0, 0.05) is 31.0 Å². The summed E-state index contributed by atoms with van der Waals surface area (Å²) >= 11 is 0. The minimum atomic E-state index is -0.505. The van der Waals surface area contributed by atoms with Gasteiger partial charge in [0.2, 0.25) is 0 Å². The number of rotatable bonds is 4. The van der Waals surface area contributed by atoms with E-state index in [1.165, 1.54) is 12.5 Å². The molecule has 0 aromatic heterocycles. The van der Waals surface area contributed by atoms with Gasteiger partial charge in [-0.15, -0.1) is 0 Å². The molecule has 2 aromatic carbocycles. The van der Waals surface area contributed by atoms with Gasteiger partial charge in [-0.2, -0.15) is 0 Å². The molecule has 2 saturated heterocycles. The van der Waals surface area contributed by atoms with E-state index in [1.807, 2.05) is 30.3 Å². The number of fused-ring (bicyclic) bond motifs is 1. The van der Waals surface area contributed by atoms with E-state index in [2.05, 4.69) is 11.9 Å². The monoisotopic (exact) mass is 456 g/mol. The summed E-state index contributed by atoms with van der Waals surface area (Å²) in [6.07, 6.45) is 4.02. The molecule has 2 heterocycles. The Morgan fingerprint density at radius 1 is 1.09 bits per heavy atom. The molecule has 0 bridgehead atoms. The zero-order chi connectivity index (χ0) is 23.4. The van der Waals surface area contributed by atoms with Gasteiger partial charge in [0.25, 0.3) is 5.69 Å². The molecule has 1 spiro atoms. The van der Waals surface area contributed by atoms with E-state index in [-0.39, 0.29) is 16.7 Å². The number of likely N-dealkylation sites (tertiary alicyclic amines) is 1. The molecule has 0 amide bonds. The minimum absolute atomic E-state index is 0.103. The molecule has 0 N–H and O–H groups in total. The lowest BCUT2D eigenvalue weighted by molar-refractivity contribution is -0.385. The van der Waals surface area contributed by atoms with Crippen molar-refractivity contribution in [1.82, 2.24) is 4.90 Å². The number of hydrogen-bond acceptors (Lipinski definition) is 7. The Hall–Kier alpha value is -2.68. The molecule has 4 atom stereocenters. The van der Waals surface area contributed by atoms with Crippen LogP contribution < -0.4 is 9.47 Å². The Morgan fingerprint density at radius 3 is 2.48 bits per heavy atom. The van der Waals surface area contributed by atoms with Crippen LogP contribution in [0.5, 0.6) is 11.5 Å². The van der Waals surface area contributed by atoms with Crippen molar-refractivity contribution >= 4 is 5.69 Å². The van der Waals surface area contributed by atoms with Crippen molar-refractivity contribution in [3.63, 3.8) is 0 Å². The number of para-hydroxylation sites is 2. The molecule has 1 saturated carbocycles. The lowest BCUT2D eigenvalue weighted by atomic mass is 9.81. The van der Waals surface area contributed by atoms with Gasteiger partial charge < -0.3 is 23.8 Å². The van der Waals surface area contributed by atoms with Crippen LogP contribution in [0.3, 0.4) is 0 Å². The van der Waals surface area contributed by atoms with Gasteiger partial charge in [0.05, 0.1) is 25.7 Å². The fraction of sp³-hybridized carbons (Fsp3) is 0.520. The highest BCUT2D eigenvalue weighted by atomic mass is 16.7. The number of methoxy groups -OCH3 is 2. The molecule has 1 aliphatic carbocycles. The molecule has 3 aliphatic rings. The first kappa shape index (κ1) is 23.5. The van der Waals surface area contributed by atoms with Crippen molar-refractivity contribution in [1.29, 1.82) is 0 Å². The molecule has 8 nitrogen and oxygen atoms in total. The van der Waals surface area contributed by atoms with Gasteiger partial charge in [0.1, 0.15) is 6.10 Å². The van der Waals surface area contributed by atoms with E-state index < -0.39 is 5.79 Å². The summed E-state index contributed by atoms with van der Waals surface area (Å²) in [5, 5.41) is 11.0. The first-order chi connectivity index (χ1) is 15.9. The van der Waals surface area contributed by atoms with Gasteiger partial charge in [-0.1, -0.05) is 24.3 Å². The molecule has 2 aromatic rings. The van der Waals surface area contributed by atoms with Crippen molar-refractivity contribution in [2.24, 2.45) is 5.92 Å². The zero-order valence-corrected chi connectivity index (χ0v) is 19.4. The number of non-ortho nitro benzene ring substituents is 1. The summed E-state index contributed by atoms with van der Waals surface area (Å²) in [5.74, 6) is 1.79. The fourth-order valence-electron chi connectivity index (χ4n) is 5.16. The van der Waals surface area contributed by atoms with Crippen LogP contribution in [0.4, 0.5) is 5.69 Å². The number of ether oxygens (including phenoxy) is 4. The lowest BCUT2D eigenvalue weighted by Crippen LogP contribution is -2.45. The Labute approximate surface area is 194 Å². The number of benzene rings is 2. The molecular weight excluding hydrogens is 424 g/mol. The molecule has 3 fully saturated rings. The van der Waals surface area contributed by atoms with Gasteiger partial charge in [0.15, 0.2) is 17.3 Å². The molecule has 8 heteroatoms. The lowest BCUT2D eigenvalue weighted by Gasteiger charge is -2.40. The third-order valence-electron chi connectivity index (χ3n) is 6.98. The smallest absolute Gasteiger partial charge is 0.269 e. The molecule has 178 valence electrons. The fourth-order valence-corrected chi connectivity index (χ4v) is 5.16. The number of nitro benzene ring substituents is 1. The van der Waals surface area contributed by atoms with Crippen LogP contribution in [0.25, 0.3) is 0 Å². The Balaban J connectivity index is 0.000000219. The largest absolute Gasteiger partial charge is 0.493 e. The van der Waals surface area contributed by atoms with E-state index in [9.17, 15) is 10.1 Å². The van der Waals surface area contributed by atoms with Crippen molar-refractivity contribution in [2.75, 3.05) is 34.4 Å². The van der Waals surface area contributed by atoms with Crippen molar-refractivity contribution in [2.45, 2.75) is 43.6 Å². The summed E-state index contributed by atoms with van der Waals surface area (Å²) in [5.41, 5.74) is 0.934. The first-order valence-corrected chi connectivity index (χ1v) is 11.4. The van der Waals surface area contributed by atoms with Crippen molar-refractivity contribution < 1.29 is 23.9 Å². The van der Waals surface area contributed by atoms with E-state index in [1.54, 1.807) is 26.4 Å². The van der Waals surface area contributed by atoms with E-state index in [0.717, 1.165) is 48.8 Å². The second-order valence-electron chi connectivity index (χ2n) is 8.87. The third-order valence-corrected chi connectivity index (χ3v) is 6.98. The first-order valence-electron chi connectivity index (χ1n) is 11.4. The zero-order valence-electron chi connectivity index (χ0n) is 19.4. The van der Waals surface area contributed by atoms with Gasteiger partial charge in [-0.3, -0.25) is 10.1 Å². The third kappa shape index (κ3) is 5.13. The predicted molar refractivity (Wildman–Crippen MR) is 124 cm³/mol. The van der Waals surface area contributed by atoms with Crippen molar-refractivity contribution in [3.05, 3.63) is 64.2 Å². The number of nitrogens with zero attached hydrogens (tertiary/aromatic N) is 2. The Morgan fingerprint density at radius 2 is 1.82 bits per heavy atom.